The van der Waals surface area contributed by atoms with Crippen molar-refractivity contribution in [1.82, 2.24) is 9.78 Å². The molecule has 0 radical (unpaired) electrons. The zero-order valence-electron chi connectivity index (χ0n) is 16.8. The summed E-state index contributed by atoms with van der Waals surface area (Å²) in [4.78, 5) is 25.1. The van der Waals surface area contributed by atoms with E-state index in [0.29, 0.717) is 22.9 Å². The number of nitrogens with zero attached hydrogens (tertiary/aromatic N) is 2. The van der Waals surface area contributed by atoms with Gasteiger partial charge in [0.1, 0.15) is 6.04 Å². The molecule has 0 aliphatic rings. The minimum atomic E-state index is -0.805. The molecule has 0 spiro atoms. The number of methoxy groups -OCH3 is 2. The van der Waals surface area contributed by atoms with Crippen LogP contribution in [0.4, 0.5) is 5.69 Å². The molecular weight excluding hydrogens is 370 g/mol. The van der Waals surface area contributed by atoms with Crippen molar-refractivity contribution in [1.29, 1.82) is 0 Å². The molecule has 0 aliphatic heterocycles. The van der Waals surface area contributed by atoms with Crippen molar-refractivity contribution in [3.8, 4) is 22.8 Å². The van der Waals surface area contributed by atoms with Crippen molar-refractivity contribution in [3.05, 3.63) is 70.5 Å². The lowest BCUT2D eigenvalue weighted by atomic mass is 10.1. The van der Waals surface area contributed by atoms with Gasteiger partial charge in [0.25, 0.3) is 5.56 Å². The third kappa shape index (κ3) is 4.45. The number of rotatable bonds is 6. The number of carbonyl (C=O) groups excluding carboxylic acids is 1. The lowest BCUT2D eigenvalue weighted by Gasteiger charge is -2.16. The first kappa shape index (κ1) is 20.1. The number of carbonyl (C=O) groups is 1. The van der Waals surface area contributed by atoms with Gasteiger partial charge in [-0.2, -0.15) is 5.10 Å². The third-order valence-electron chi connectivity index (χ3n) is 4.57. The van der Waals surface area contributed by atoms with Gasteiger partial charge < -0.3 is 14.8 Å². The van der Waals surface area contributed by atoms with E-state index in [1.165, 1.54) is 25.0 Å². The summed E-state index contributed by atoms with van der Waals surface area (Å²) in [5.74, 6) is 0.685. The maximum atomic E-state index is 12.7. The first-order valence-corrected chi connectivity index (χ1v) is 9.12. The largest absolute Gasteiger partial charge is 0.493 e. The van der Waals surface area contributed by atoms with Gasteiger partial charge in [0.2, 0.25) is 5.91 Å². The molecule has 150 valence electrons. The monoisotopic (exact) mass is 393 g/mol. The molecule has 1 heterocycles. The van der Waals surface area contributed by atoms with E-state index < -0.39 is 6.04 Å². The average molecular weight is 393 g/mol. The molecule has 0 saturated heterocycles. The van der Waals surface area contributed by atoms with Gasteiger partial charge in [-0.1, -0.05) is 29.8 Å². The van der Waals surface area contributed by atoms with Gasteiger partial charge in [0.05, 0.1) is 19.9 Å². The number of anilines is 1. The summed E-state index contributed by atoms with van der Waals surface area (Å²) < 4.78 is 11.6. The van der Waals surface area contributed by atoms with Gasteiger partial charge in [0.15, 0.2) is 11.5 Å². The number of ether oxygens (including phenoxy) is 2. The van der Waals surface area contributed by atoms with Crippen molar-refractivity contribution in [2.24, 2.45) is 0 Å². The maximum absolute atomic E-state index is 12.7. The summed E-state index contributed by atoms with van der Waals surface area (Å²) >= 11 is 0. The molecule has 1 aromatic heterocycles. The van der Waals surface area contributed by atoms with Crippen LogP contribution in [-0.2, 0) is 4.79 Å². The van der Waals surface area contributed by atoms with Crippen LogP contribution in [0.1, 0.15) is 18.5 Å². The van der Waals surface area contributed by atoms with E-state index >= 15 is 0 Å². The zero-order valence-corrected chi connectivity index (χ0v) is 16.8. The van der Waals surface area contributed by atoms with E-state index in [1.807, 2.05) is 31.2 Å². The van der Waals surface area contributed by atoms with Crippen LogP contribution in [0.3, 0.4) is 0 Å². The second kappa shape index (κ2) is 8.60. The van der Waals surface area contributed by atoms with Crippen LogP contribution in [0.2, 0.25) is 0 Å². The molecule has 3 aromatic rings. The molecule has 2 aromatic carbocycles. The minimum absolute atomic E-state index is 0.351. The molecule has 0 aliphatic carbocycles. The predicted octanol–water partition coefficient (Wildman–Crippen LogP) is 3.44. The van der Waals surface area contributed by atoms with Crippen molar-refractivity contribution in [2.45, 2.75) is 19.9 Å². The molecule has 7 heteroatoms. The van der Waals surface area contributed by atoms with Gasteiger partial charge in [-0.25, -0.2) is 4.68 Å². The van der Waals surface area contributed by atoms with Crippen LogP contribution >= 0.6 is 0 Å². The number of hydrogen-bond acceptors (Lipinski definition) is 5. The van der Waals surface area contributed by atoms with E-state index in [4.69, 9.17) is 9.47 Å². The Morgan fingerprint density at radius 3 is 2.34 bits per heavy atom. The highest BCUT2D eigenvalue weighted by Gasteiger charge is 2.19. The Bertz CT molecular complexity index is 1070. The molecule has 1 amide bonds. The molecule has 1 N–H and O–H groups in total. The predicted molar refractivity (Wildman–Crippen MR) is 112 cm³/mol. The van der Waals surface area contributed by atoms with Crippen molar-refractivity contribution in [2.75, 3.05) is 19.5 Å². The fourth-order valence-electron chi connectivity index (χ4n) is 2.85. The quantitative estimate of drug-likeness (QED) is 0.694. The SMILES string of the molecule is COc1ccc(NC(=O)[C@H](C)n2nc(-c3ccc(C)cc3)ccc2=O)cc1OC. The number of nitrogens with one attached hydrogen (secondary N) is 1. The average Bonchev–Trinajstić information content (AvgIpc) is 2.74. The van der Waals surface area contributed by atoms with E-state index in [9.17, 15) is 9.59 Å². The molecule has 0 bridgehead atoms. The molecule has 7 nitrogen and oxygen atoms in total. The Morgan fingerprint density at radius 1 is 1.00 bits per heavy atom. The maximum Gasteiger partial charge on any atom is 0.267 e. The number of aromatic nitrogens is 2. The molecule has 29 heavy (non-hydrogen) atoms. The van der Waals surface area contributed by atoms with Crippen molar-refractivity contribution >= 4 is 11.6 Å². The van der Waals surface area contributed by atoms with Crippen LogP contribution in [0.5, 0.6) is 11.5 Å². The molecule has 0 fully saturated rings. The van der Waals surface area contributed by atoms with E-state index in [2.05, 4.69) is 10.4 Å². The van der Waals surface area contributed by atoms with Crippen LogP contribution in [-0.4, -0.2) is 29.9 Å². The van der Waals surface area contributed by atoms with Gasteiger partial charge in [-0.3, -0.25) is 9.59 Å². The van der Waals surface area contributed by atoms with Gasteiger partial charge in [0, 0.05) is 23.4 Å². The summed E-state index contributed by atoms with van der Waals surface area (Å²) in [6.45, 7) is 3.63. The summed E-state index contributed by atoms with van der Waals surface area (Å²) in [6, 6.07) is 15.1. The Hall–Kier alpha value is -3.61. The first-order chi connectivity index (χ1) is 13.9. The normalized spacial score (nSPS) is 11.6. The number of benzene rings is 2. The van der Waals surface area contributed by atoms with E-state index in [0.717, 1.165) is 11.1 Å². The standard InChI is InChI=1S/C22H23N3O4/c1-14-5-7-16(8-6-14)18-10-12-21(26)25(24-18)15(2)22(27)23-17-9-11-19(28-3)20(13-17)29-4/h5-13,15H,1-4H3,(H,23,27)/t15-/m0/s1. The van der Waals surface area contributed by atoms with Crippen LogP contribution < -0.4 is 20.3 Å². The van der Waals surface area contributed by atoms with Gasteiger partial charge >= 0.3 is 0 Å². The van der Waals surface area contributed by atoms with Crippen LogP contribution in [0.25, 0.3) is 11.3 Å². The summed E-state index contributed by atoms with van der Waals surface area (Å²) in [5, 5.41) is 7.18. The van der Waals surface area contributed by atoms with Crippen molar-refractivity contribution in [3.63, 3.8) is 0 Å². The molecule has 1 atom stereocenters. The molecule has 0 unspecified atom stereocenters. The zero-order chi connectivity index (χ0) is 21.0. The van der Waals surface area contributed by atoms with Crippen molar-refractivity contribution < 1.29 is 14.3 Å². The van der Waals surface area contributed by atoms with Crippen LogP contribution in [0, 0.1) is 6.92 Å². The Kier molecular flexibility index (Phi) is 5.97. The minimum Gasteiger partial charge on any atom is -0.493 e. The Morgan fingerprint density at radius 2 is 1.69 bits per heavy atom. The topological polar surface area (TPSA) is 82.5 Å². The fraction of sp³-hybridized carbons (Fsp3) is 0.227. The lowest BCUT2D eigenvalue weighted by Crippen LogP contribution is -2.33. The van der Waals surface area contributed by atoms with E-state index in [-0.39, 0.29) is 11.5 Å². The summed E-state index contributed by atoms with van der Waals surface area (Å²) in [6.07, 6.45) is 0. The second-order valence-electron chi connectivity index (χ2n) is 6.60. The highest BCUT2D eigenvalue weighted by molar-refractivity contribution is 5.93. The summed E-state index contributed by atoms with van der Waals surface area (Å²) in [7, 11) is 3.06. The van der Waals surface area contributed by atoms with Gasteiger partial charge in [-0.15, -0.1) is 0 Å². The number of amides is 1. The highest BCUT2D eigenvalue weighted by atomic mass is 16.5. The number of hydrogen-bond donors (Lipinski definition) is 1. The third-order valence-corrected chi connectivity index (χ3v) is 4.57. The fourth-order valence-corrected chi connectivity index (χ4v) is 2.85. The van der Waals surface area contributed by atoms with Crippen LogP contribution in [0.15, 0.2) is 59.4 Å². The first-order valence-electron chi connectivity index (χ1n) is 9.12. The molecular formula is C22H23N3O4. The van der Waals surface area contributed by atoms with E-state index in [1.54, 1.807) is 31.2 Å². The smallest absolute Gasteiger partial charge is 0.267 e. The highest BCUT2D eigenvalue weighted by Crippen LogP contribution is 2.30. The van der Waals surface area contributed by atoms with Gasteiger partial charge in [-0.05, 0) is 32.0 Å². The number of aryl methyl sites for hydroxylation is 1. The Balaban J connectivity index is 1.85. The molecule has 3 rings (SSSR count). The molecule has 0 saturated carbocycles. The summed E-state index contributed by atoms with van der Waals surface area (Å²) in [5.41, 5.74) is 2.80. The lowest BCUT2D eigenvalue weighted by molar-refractivity contribution is -0.119. The Labute approximate surface area is 168 Å². The second-order valence-corrected chi connectivity index (χ2v) is 6.60.